The summed E-state index contributed by atoms with van der Waals surface area (Å²) in [5, 5.41) is 0. The van der Waals surface area contributed by atoms with E-state index in [1.54, 1.807) is 0 Å². The molecule has 0 spiro atoms. The summed E-state index contributed by atoms with van der Waals surface area (Å²) < 4.78 is 12.9. The molecule has 0 N–H and O–H groups in total. The van der Waals surface area contributed by atoms with Gasteiger partial charge in [0.2, 0.25) is 0 Å². The summed E-state index contributed by atoms with van der Waals surface area (Å²) in [6.07, 6.45) is 5.78. The van der Waals surface area contributed by atoms with Gasteiger partial charge in [-0.15, -0.1) is 0 Å². The maximum absolute atomic E-state index is 12.9. The van der Waals surface area contributed by atoms with E-state index in [0.29, 0.717) is 18.8 Å². The average Bonchev–Trinajstić information content (AvgIpc) is 1.87. The lowest BCUT2D eigenvalue weighted by molar-refractivity contribution is 0.274. The van der Waals surface area contributed by atoms with Crippen molar-refractivity contribution in [3.8, 4) is 0 Å². The fourth-order valence-electron chi connectivity index (χ4n) is 1.24. The van der Waals surface area contributed by atoms with Gasteiger partial charge in [0, 0.05) is 0 Å². The zero-order valence-electron chi connectivity index (χ0n) is 7.81. The van der Waals surface area contributed by atoms with Gasteiger partial charge >= 0.3 is 0 Å². The smallest absolute Gasteiger partial charge is 0.101 e. The highest BCUT2D eigenvalue weighted by atomic mass is 19.1. The Bertz CT molecular complexity index is 107. The van der Waals surface area contributed by atoms with Crippen LogP contribution < -0.4 is 0 Å². The second kappa shape index (κ2) is 6.38. The zero-order chi connectivity index (χ0) is 8.69. The molecule has 2 unspecified atom stereocenters. The Morgan fingerprint density at radius 1 is 1.45 bits per heavy atom. The van der Waals surface area contributed by atoms with Crippen LogP contribution in [0, 0.1) is 5.92 Å². The van der Waals surface area contributed by atoms with Crippen LogP contribution in [0.3, 0.4) is 0 Å². The lowest BCUT2D eigenvalue weighted by atomic mass is 10.0. The van der Waals surface area contributed by atoms with Crippen molar-refractivity contribution in [3.05, 3.63) is 12.2 Å². The maximum atomic E-state index is 12.9. The van der Waals surface area contributed by atoms with Crippen LogP contribution in [0.2, 0.25) is 0 Å². The first kappa shape index (κ1) is 10.7. The quantitative estimate of drug-likeness (QED) is 0.535. The summed E-state index contributed by atoms with van der Waals surface area (Å²) in [6, 6.07) is 0. The van der Waals surface area contributed by atoms with Crippen molar-refractivity contribution >= 4 is 0 Å². The molecule has 0 radical (unpaired) electrons. The summed E-state index contributed by atoms with van der Waals surface area (Å²) >= 11 is 0. The van der Waals surface area contributed by atoms with Gasteiger partial charge < -0.3 is 0 Å². The molecule has 0 nitrogen and oxygen atoms in total. The Balaban J connectivity index is 3.48. The third-order valence-electron chi connectivity index (χ3n) is 1.75. The van der Waals surface area contributed by atoms with E-state index in [1.165, 1.54) is 0 Å². The molecule has 0 aromatic rings. The molecule has 0 aromatic carbocycles. The van der Waals surface area contributed by atoms with Crippen molar-refractivity contribution in [2.45, 2.75) is 46.2 Å². The lowest BCUT2D eigenvalue weighted by Gasteiger charge is -2.09. The van der Waals surface area contributed by atoms with Crippen LogP contribution in [-0.2, 0) is 0 Å². The molecule has 0 rings (SSSR count). The Labute approximate surface area is 69.5 Å². The first-order valence-corrected chi connectivity index (χ1v) is 4.47. The number of alkyl halides is 1. The van der Waals surface area contributed by atoms with Crippen molar-refractivity contribution in [2.75, 3.05) is 0 Å². The van der Waals surface area contributed by atoms with Crippen LogP contribution >= 0.6 is 0 Å². The van der Waals surface area contributed by atoms with Gasteiger partial charge in [-0.3, -0.25) is 0 Å². The van der Waals surface area contributed by atoms with Crippen molar-refractivity contribution in [1.29, 1.82) is 0 Å². The Hall–Kier alpha value is -0.330. The summed E-state index contributed by atoms with van der Waals surface area (Å²) in [7, 11) is 0. The molecule has 0 saturated heterocycles. The highest BCUT2D eigenvalue weighted by Crippen LogP contribution is 2.14. The molecule has 0 fully saturated rings. The van der Waals surface area contributed by atoms with Crippen molar-refractivity contribution < 1.29 is 4.39 Å². The van der Waals surface area contributed by atoms with E-state index in [4.69, 9.17) is 0 Å². The van der Waals surface area contributed by atoms with Crippen LogP contribution in [0.15, 0.2) is 12.2 Å². The highest BCUT2D eigenvalue weighted by molar-refractivity contribution is 4.84. The van der Waals surface area contributed by atoms with Gasteiger partial charge in [0.25, 0.3) is 0 Å². The number of halogens is 1. The standard InChI is InChI=1S/C10H19F/c1-4-6-9(3)8-10(11)7-5-2/h4,6,9-10H,5,7-8H2,1-3H3. The van der Waals surface area contributed by atoms with Crippen molar-refractivity contribution in [3.63, 3.8) is 0 Å². The fraction of sp³-hybridized carbons (Fsp3) is 0.800. The molecular weight excluding hydrogens is 139 g/mol. The van der Waals surface area contributed by atoms with Crippen LogP contribution in [0.1, 0.15) is 40.0 Å². The molecule has 0 aliphatic heterocycles. The van der Waals surface area contributed by atoms with Gasteiger partial charge in [0.05, 0.1) is 0 Å². The molecule has 0 aromatic heterocycles. The average molecular weight is 158 g/mol. The van der Waals surface area contributed by atoms with Gasteiger partial charge in [0.1, 0.15) is 6.17 Å². The first-order chi connectivity index (χ1) is 5.20. The van der Waals surface area contributed by atoms with E-state index in [9.17, 15) is 4.39 Å². The monoisotopic (exact) mass is 158 g/mol. The van der Waals surface area contributed by atoms with Crippen LogP contribution in [0.25, 0.3) is 0 Å². The molecule has 1 heteroatoms. The van der Waals surface area contributed by atoms with Crippen molar-refractivity contribution in [1.82, 2.24) is 0 Å². The molecule has 0 aliphatic rings. The summed E-state index contributed by atoms with van der Waals surface area (Å²) in [6.45, 7) is 6.05. The molecule has 11 heavy (non-hydrogen) atoms. The number of allylic oxidation sites excluding steroid dienone is 2. The largest absolute Gasteiger partial charge is 0.247 e. The minimum Gasteiger partial charge on any atom is -0.247 e. The van der Waals surface area contributed by atoms with E-state index < -0.39 is 6.17 Å². The minimum absolute atomic E-state index is 0.390. The summed E-state index contributed by atoms with van der Waals surface area (Å²) in [5.74, 6) is 0.390. The second-order valence-corrected chi connectivity index (χ2v) is 3.12. The topological polar surface area (TPSA) is 0 Å². The molecule has 66 valence electrons. The van der Waals surface area contributed by atoms with Gasteiger partial charge in [0.15, 0.2) is 0 Å². The van der Waals surface area contributed by atoms with Gasteiger partial charge in [-0.2, -0.15) is 0 Å². The van der Waals surface area contributed by atoms with E-state index in [2.05, 4.69) is 13.0 Å². The Kier molecular flexibility index (Phi) is 6.19. The molecule has 0 aliphatic carbocycles. The van der Waals surface area contributed by atoms with Crippen LogP contribution in [0.4, 0.5) is 4.39 Å². The van der Waals surface area contributed by atoms with Gasteiger partial charge in [-0.25, -0.2) is 4.39 Å². The third-order valence-corrected chi connectivity index (χ3v) is 1.75. The molecule has 2 atom stereocenters. The Morgan fingerprint density at radius 2 is 2.09 bits per heavy atom. The molecule has 0 amide bonds. The second-order valence-electron chi connectivity index (χ2n) is 3.12. The predicted octanol–water partition coefficient (Wildman–Crippen LogP) is 3.73. The van der Waals surface area contributed by atoms with Crippen LogP contribution in [0.5, 0.6) is 0 Å². The molecule has 0 bridgehead atoms. The molecular formula is C10H19F. The third kappa shape index (κ3) is 6.08. The SMILES string of the molecule is CC=CC(C)CC(F)CCC. The summed E-state index contributed by atoms with van der Waals surface area (Å²) in [5.41, 5.74) is 0. The minimum atomic E-state index is -0.605. The first-order valence-electron chi connectivity index (χ1n) is 4.47. The maximum Gasteiger partial charge on any atom is 0.101 e. The number of rotatable bonds is 5. The van der Waals surface area contributed by atoms with Crippen molar-refractivity contribution in [2.24, 2.45) is 5.92 Å². The zero-order valence-corrected chi connectivity index (χ0v) is 7.81. The normalized spacial score (nSPS) is 17.1. The van der Waals surface area contributed by atoms with E-state index >= 15 is 0 Å². The van der Waals surface area contributed by atoms with Crippen LogP contribution in [-0.4, -0.2) is 6.17 Å². The predicted molar refractivity (Wildman–Crippen MR) is 48.4 cm³/mol. The summed E-state index contributed by atoms with van der Waals surface area (Å²) in [4.78, 5) is 0. The molecule has 0 saturated carbocycles. The molecule has 0 heterocycles. The van der Waals surface area contributed by atoms with Gasteiger partial charge in [-0.1, -0.05) is 32.4 Å². The fourth-order valence-corrected chi connectivity index (χ4v) is 1.24. The number of hydrogen-bond acceptors (Lipinski definition) is 0. The Morgan fingerprint density at radius 3 is 2.55 bits per heavy atom. The lowest BCUT2D eigenvalue weighted by Crippen LogP contribution is -2.04. The highest BCUT2D eigenvalue weighted by Gasteiger charge is 2.07. The van der Waals surface area contributed by atoms with Gasteiger partial charge in [-0.05, 0) is 25.7 Å². The van der Waals surface area contributed by atoms with E-state index in [-0.39, 0.29) is 0 Å². The van der Waals surface area contributed by atoms with E-state index in [0.717, 1.165) is 6.42 Å². The number of hydrogen-bond donors (Lipinski definition) is 0. The van der Waals surface area contributed by atoms with E-state index in [1.807, 2.05) is 19.9 Å².